The first-order valence-electron chi connectivity index (χ1n) is 5.02. The number of hydrogen-bond donors (Lipinski definition) is 2. The van der Waals surface area contributed by atoms with Crippen molar-refractivity contribution in [2.45, 2.75) is 0 Å². The fourth-order valence-electron chi connectivity index (χ4n) is 1.36. The molecule has 1 heterocycles. The topological polar surface area (TPSA) is 63.8 Å². The van der Waals surface area contributed by atoms with Crippen LogP contribution in [-0.2, 0) is 0 Å². The largest absolute Gasteiger partial charge is 0.388 e. The van der Waals surface area contributed by atoms with Gasteiger partial charge in [-0.1, -0.05) is 35.4 Å². The number of nitrogens with two attached hydrogens (primary N) is 1. The van der Waals surface area contributed by atoms with Gasteiger partial charge in [0.2, 0.25) is 0 Å². The van der Waals surface area contributed by atoms with Gasteiger partial charge in [0, 0.05) is 16.9 Å². The lowest BCUT2D eigenvalue weighted by Crippen LogP contribution is -2.15. The van der Waals surface area contributed by atoms with Gasteiger partial charge in [0.15, 0.2) is 5.82 Å². The van der Waals surface area contributed by atoms with Crippen molar-refractivity contribution < 1.29 is 0 Å². The molecule has 0 bridgehead atoms. The van der Waals surface area contributed by atoms with E-state index < -0.39 is 0 Å². The van der Waals surface area contributed by atoms with Gasteiger partial charge < -0.3 is 11.1 Å². The molecule has 0 saturated carbocycles. The Hall–Kier alpha value is -0.950. The molecular formula is C11H7BrCl2N4S. The van der Waals surface area contributed by atoms with Crippen LogP contribution in [0.2, 0.25) is 10.0 Å². The Morgan fingerprint density at radius 2 is 1.89 bits per heavy atom. The monoisotopic (exact) mass is 376 g/mol. The van der Waals surface area contributed by atoms with Crippen molar-refractivity contribution >= 4 is 67.8 Å². The van der Waals surface area contributed by atoms with Gasteiger partial charge in [-0.15, -0.1) is 0 Å². The molecule has 0 aliphatic heterocycles. The molecule has 0 radical (unpaired) electrons. The van der Waals surface area contributed by atoms with Gasteiger partial charge in [-0.25, -0.2) is 9.97 Å². The van der Waals surface area contributed by atoms with Gasteiger partial charge in [-0.05, 0) is 28.1 Å². The predicted molar refractivity (Wildman–Crippen MR) is 85.4 cm³/mol. The van der Waals surface area contributed by atoms with Crippen LogP contribution in [0.1, 0.15) is 5.69 Å². The lowest BCUT2D eigenvalue weighted by Gasteiger charge is -2.11. The Morgan fingerprint density at radius 1 is 1.21 bits per heavy atom. The van der Waals surface area contributed by atoms with Gasteiger partial charge in [0.05, 0.1) is 15.7 Å². The number of nitrogens with one attached hydrogen (secondary N) is 1. The van der Waals surface area contributed by atoms with Crippen molar-refractivity contribution in [2.24, 2.45) is 5.73 Å². The molecule has 19 heavy (non-hydrogen) atoms. The molecule has 0 unspecified atom stereocenters. The second-order valence-corrected chi connectivity index (χ2v) is 5.52. The third kappa shape index (κ3) is 3.14. The van der Waals surface area contributed by atoms with Crippen molar-refractivity contribution in [1.29, 1.82) is 0 Å². The predicted octanol–water partition coefficient (Wildman–Crippen LogP) is 3.92. The zero-order valence-electron chi connectivity index (χ0n) is 9.32. The quantitative estimate of drug-likeness (QED) is 0.626. The van der Waals surface area contributed by atoms with E-state index in [2.05, 4.69) is 31.2 Å². The fraction of sp³-hybridized carbons (Fsp3) is 0. The van der Waals surface area contributed by atoms with Crippen molar-refractivity contribution in [3.05, 3.63) is 44.7 Å². The SMILES string of the molecule is NC(=S)c1nccnc1Nc1ccc(Br)c(Cl)c1Cl. The summed E-state index contributed by atoms with van der Waals surface area (Å²) in [5, 5.41) is 3.79. The molecule has 0 amide bonds. The summed E-state index contributed by atoms with van der Waals surface area (Å²) in [6.45, 7) is 0. The maximum atomic E-state index is 6.14. The first-order valence-corrected chi connectivity index (χ1v) is 6.97. The maximum absolute atomic E-state index is 6.14. The highest BCUT2D eigenvalue weighted by Gasteiger charge is 2.12. The fourth-order valence-corrected chi connectivity index (χ4v) is 2.33. The van der Waals surface area contributed by atoms with E-state index in [-0.39, 0.29) is 4.99 Å². The molecule has 0 saturated heterocycles. The number of anilines is 2. The minimum absolute atomic E-state index is 0.148. The summed E-state index contributed by atoms with van der Waals surface area (Å²) in [5.74, 6) is 0.426. The molecule has 98 valence electrons. The zero-order valence-corrected chi connectivity index (χ0v) is 13.2. The third-order valence-electron chi connectivity index (χ3n) is 2.22. The third-order valence-corrected chi connectivity index (χ3v) is 4.18. The van der Waals surface area contributed by atoms with Gasteiger partial charge in [0.25, 0.3) is 0 Å². The molecule has 0 fully saturated rings. The van der Waals surface area contributed by atoms with E-state index in [1.54, 1.807) is 12.1 Å². The van der Waals surface area contributed by atoms with Crippen LogP contribution < -0.4 is 11.1 Å². The van der Waals surface area contributed by atoms with Crippen molar-refractivity contribution in [2.75, 3.05) is 5.32 Å². The number of rotatable bonds is 3. The summed E-state index contributed by atoms with van der Waals surface area (Å²) in [5.41, 5.74) is 6.57. The molecule has 0 atom stereocenters. The summed E-state index contributed by atoms with van der Waals surface area (Å²) < 4.78 is 0.707. The molecule has 1 aromatic heterocycles. The molecule has 4 nitrogen and oxygen atoms in total. The Bertz CT molecular complexity index is 651. The molecule has 2 rings (SSSR count). The lowest BCUT2D eigenvalue weighted by molar-refractivity contribution is 1.18. The number of nitrogens with zero attached hydrogens (tertiary/aromatic N) is 2. The van der Waals surface area contributed by atoms with Crippen LogP contribution in [-0.4, -0.2) is 15.0 Å². The Kier molecular flexibility index (Phi) is 4.57. The van der Waals surface area contributed by atoms with Crippen LogP contribution in [0.15, 0.2) is 29.0 Å². The maximum Gasteiger partial charge on any atom is 0.159 e. The van der Waals surface area contributed by atoms with Crippen LogP contribution in [0, 0.1) is 0 Å². The average Bonchev–Trinajstić information content (AvgIpc) is 2.40. The van der Waals surface area contributed by atoms with E-state index in [4.69, 9.17) is 41.2 Å². The number of thiocarbonyl (C=S) groups is 1. The summed E-state index contributed by atoms with van der Waals surface area (Å²) in [6, 6.07) is 3.53. The zero-order chi connectivity index (χ0) is 14.0. The minimum atomic E-state index is 0.148. The lowest BCUT2D eigenvalue weighted by atomic mass is 10.3. The number of benzene rings is 1. The Labute approximate surface area is 133 Å². The number of aromatic nitrogens is 2. The molecule has 0 spiro atoms. The van der Waals surface area contributed by atoms with Crippen LogP contribution >= 0.6 is 51.3 Å². The van der Waals surface area contributed by atoms with E-state index in [1.165, 1.54) is 12.4 Å². The van der Waals surface area contributed by atoms with Gasteiger partial charge in [-0.3, -0.25) is 0 Å². The molecule has 8 heteroatoms. The minimum Gasteiger partial charge on any atom is -0.388 e. The second-order valence-electron chi connectivity index (χ2n) is 3.47. The van der Waals surface area contributed by atoms with Gasteiger partial charge >= 0.3 is 0 Å². The molecular weight excluding hydrogens is 371 g/mol. The van der Waals surface area contributed by atoms with Crippen LogP contribution in [0.5, 0.6) is 0 Å². The highest BCUT2D eigenvalue weighted by molar-refractivity contribution is 9.10. The van der Waals surface area contributed by atoms with Crippen molar-refractivity contribution in [3.8, 4) is 0 Å². The average molecular weight is 378 g/mol. The number of hydrogen-bond acceptors (Lipinski definition) is 4. The number of halogens is 3. The molecule has 0 aliphatic rings. The highest BCUT2D eigenvalue weighted by Crippen LogP contribution is 2.37. The molecule has 1 aromatic carbocycles. The molecule has 0 aliphatic carbocycles. The summed E-state index contributed by atoms with van der Waals surface area (Å²) in [6.07, 6.45) is 3.04. The smallest absolute Gasteiger partial charge is 0.159 e. The van der Waals surface area contributed by atoms with E-state index in [0.717, 1.165) is 0 Å². The van der Waals surface area contributed by atoms with Crippen molar-refractivity contribution in [3.63, 3.8) is 0 Å². The van der Waals surface area contributed by atoms with Crippen LogP contribution in [0.3, 0.4) is 0 Å². The molecule has 3 N–H and O–H groups in total. The Balaban J connectivity index is 2.42. The van der Waals surface area contributed by atoms with E-state index in [0.29, 0.717) is 31.7 Å². The van der Waals surface area contributed by atoms with Crippen molar-refractivity contribution in [1.82, 2.24) is 9.97 Å². The van der Waals surface area contributed by atoms with Gasteiger partial charge in [0.1, 0.15) is 10.7 Å². The van der Waals surface area contributed by atoms with E-state index >= 15 is 0 Å². The van der Waals surface area contributed by atoms with E-state index in [9.17, 15) is 0 Å². The highest BCUT2D eigenvalue weighted by atomic mass is 79.9. The van der Waals surface area contributed by atoms with Crippen LogP contribution in [0.4, 0.5) is 11.5 Å². The normalized spacial score (nSPS) is 10.3. The van der Waals surface area contributed by atoms with Gasteiger partial charge in [-0.2, -0.15) is 0 Å². The van der Waals surface area contributed by atoms with E-state index in [1.807, 2.05) is 0 Å². The first-order chi connectivity index (χ1) is 9.00. The summed E-state index contributed by atoms with van der Waals surface area (Å²) in [4.78, 5) is 8.35. The Morgan fingerprint density at radius 3 is 2.58 bits per heavy atom. The van der Waals surface area contributed by atoms with Crippen LogP contribution in [0.25, 0.3) is 0 Å². The standard InChI is InChI=1S/C11H7BrCl2N4S/c12-5-1-2-6(8(14)7(5)13)18-11-9(10(15)19)16-3-4-17-11/h1-4H,(H2,15,19)(H,17,18). The first kappa shape index (κ1) is 14.5. The summed E-state index contributed by atoms with van der Waals surface area (Å²) in [7, 11) is 0. The molecule has 2 aromatic rings. The summed E-state index contributed by atoms with van der Waals surface area (Å²) >= 11 is 20.4. The second kappa shape index (κ2) is 6.00.